The Balaban J connectivity index is 1.64. The quantitative estimate of drug-likeness (QED) is 0.560. The van der Waals surface area contributed by atoms with Crippen molar-refractivity contribution in [2.45, 2.75) is 58.8 Å². The van der Waals surface area contributed by atoms with E-state index in [-0.39, 0.29) is 0 Å². The van der Waals surface area contributed by atoms with Crippen molar-refractivity contribution in [1.82, 2.24) is 9.97 Å². The topological polar surface area (TPSA) is 25.8 Å². The number of benzene rings is 1. The Morgan fingerprint density at radius 2 is 1.88 bits per heavy atom. The molecule has 130 valence electrons. The normalized spacial score (nSPS) is 13.7. The van der Waals surface area contributed by atoms with Crippen LogP contribution in [0, 0.1) is 0 Å². The van der Waals surface area contributed by atoms with Crippen molar-refractivity contribution >= 4 is 5.57 Å². The summed E-state index contributed by atoms with van der Waals surface area (Å²) in [5.74, 6) is 0.908. The molecule has 2 aromatic rings. The minimum Gasteiger partial charge on any atom is -0.241 e. The Hall–Kier alpha value is -2.22. The molecule has 0 bridgehead atoms. The van der Waals surface area contributed by atoms with Crippen LogP contribution in [0.15, 0.2) is 54.3 Å². The van der Waals surface area contributed by atoms with E-state index >= 15 is 0 Å². The van der Waals surface area contributed by atoms with Crippen molar-refractivity contribution in [3.05, 3.63) is 76.9 Å². The minimum atomic E-state index is 0.802. The van der Waals surface area contributed by atoms with E-state index in [9.17, 15) is 0 Å². The molecule has 0 saturated heterocycles. The smallest absolute Gasteiger partial charge is 0.133 e. The van der Waals surface area contributed by atoms with Gasteiger partial charge in [0, 0.05) is 12.6 Å². The van der Waals surface area contributed by atoms with Gasteiger partial charge in [-0.2, -0.15) is 0 Å². The van der Waals surface area contributed by atoms with Crippen LogP contribution in [0.5, 0.6) is 0 Å². The summed E-state index contributed by atoms with van der Waals surface area (Å²) in [6, 6.07) is 10.9. The van der Waals surface area contributed by atoms with E-state index in [0.717, 1.165) is 24.4 Å². The molecule has 1 aromatic carbocycles. The lowest BCUT2D eigenvalue weighted by molar-refractivity contribution is 0.666. The highest BCUT2D eigenvalue weighted by Gasteiger charge is 2.10. The van der Waals surface area contributed by atoms with Crippen LogP contribution in [-0.4, -0.2) is 9.97 Å². The van der Waals surface area contributed by atoms with Gasteiger partial charge in [-0.25, -0.2) is 9.97 Å². The number of aromatic nitrogens is 2. The zero-order valence-electron chi connectivity index (χ0n) is 15.5. The third-order valence-corrected chi connectivity index (χ3v) is 4.75. The molecule has 1 aliphatic rings. The average molecular weight is 332 g/mol. The van der Waals surface area contributed by atoms with Gasteiger partial charge in [0.05, 0.1) is 5.69 Å². The molecule has 0 N–H and O–H groups in total. The van der Waals surface area contributed by atoms with Crippen LogP contribution in [0.3, 0.4) is 0 Å². The van der Waals surface area contributed by atoms with Gasteiger partial charge in [-0.1, -0.05) is 68.2 Å². The fourth-order valence-electron chi connectivity index (χ4n) is 3.33. The van der Waals surface area contributed by atoms with Gasteiger partial charge in [0.2, 0.25) is 0 Å². The molecule has 0 fully saturated rings. The average Bonchev–Trinajstić information content (AvgIpc) is 3.06. The molecule has 1 heterocycles. The summed E-state index contributed by atoms with van der Waals surface area (Å²) in [5.41, 5.74) is 6.49. The van der Waals surface area contributed by atoms with Crippen molar-refractivity contribution in [3.8, 4) is 0 Å². The predicted octanol–water partition coefficient (Wildman–Crippen LogP) is 5.92. The maximum atomic E-state index is 4.79. The number of hydrogen-bond acceptors (Lipinski definition) is 2. The van der Waals surface area contributed by atoms with Gasteiger partial charge in [-0.3, -0.25) is 0 Å². The number of allylic oxidation sites excluding steroid dienone is 4. The van der Waals surface area contributed by atoms with Gasteiger partial charge in [-0.15, -0.1) is 0 Å². The molecule has 2 heteroatoms. The summed E-state index contributed by atoms with van der Waals surface area (Å²) >= 11 is 0. The molecule has 1 aromatic heterocycles. The first-order valence-corrected chi connectivity index (χ1v) is 9.51. The van der Waals surface area contributed by atoms with Crippen LogP contribution in [0.25, 0.3) is 5.57 Å². The Morgan fingerprint density at radius 3 is 2.68 bits per heavy atom. The van der Waals surface area contributed by atoms with E-state index in [1.54, 1.807) is 0 Å². The molecule has 3 rings (SSSR count). The van der Waals surface area contributed by atoms with E-state index in [4.69, 9.17) is 4.98 Å². The SMILES string of the molecule is CCCCCCc1cccc(Cc2nccc(C3=CC=C(C)C3)n2)c1. The molecule has 1 aliphatic carbocycles. The van der Waals surface area contributed by atoms with Crippen molar-refractivity contribution < 1.29 is 0 Å². The van der Waals surface area contributed by atoms with Gasteiger partial charge in [0.15, 0.2) is 0 Å². The van der Waals surface area contributed by atoms with E-state index < -0.39 is 0 Å². The first-order chi connectivity index (χ1) is 12.2. The highest BCUT2D eigenvalue weighted by molar-refractivity contribution is 5.69. The summed E-state index contributed by atoms with van der Waals surface area (Å²) in [6.07, 6.45) is 14.5. The van der Waals surface area contributed by atoms with E-state index in [1.165, 1.54) is 54.4 Å². The molecular formula is C23H28N2. The first kappa shape index (κ1) is 17.6. The number of rotatable bonds is 8. The van der Waals surface area contributed by atoms with Crippen LogP contribution >= 0.6 is 0 Å². The zero-order valence-corrected chi connectivity index (χ0v) is 15.5. The second kappa shape index (κ2) is 8.75. The number of hydrogen-bond donors (Lipinski definition) is 0. The zero-order chi connectivity index (χ0) is 17.5. The summed E-state index contributed by atoms with van der Waals surface area (Å²) < 4.78 is 0. The van der Waals surface area contributed by atoms with Crippen LogP contribution < -0.4 is 0 Å². The van der Waals surface area contributed by atoms with Crippen molar-refractivity contribution in [3.63, 3.8) is 0 Å². The molecule has 0 amide bonds. The van der Waals surface area contributed by atoms with Crippen LogP contribution in [0.2, 0.25) is 0 Å². The van der Waals surface area contributed by atoms with Crippen molar-refractivity contribution in [2.24, 2.45) is 0 Å². The molecule has 0 spiro atoms. The molecule has 0 saturated carbocycles. The number of unbranched alkanes of at least 4 members (excludes halogenated alkanes) is 3. The Morgan fingerprint density at radius 1 is 1.00 bits per heavy atom. The predicted molar refractivity (Wildman–Crippen MR) is 105 cm³/mol. The van der Waals surface area contributed by atoms with E-state index in [0.29, 0.717) is 0 Å². The Labute approximate surface area is 151 Å². The second-order valence-corrected chi connectivity index (χ2v) is 7.05. The molecule has 0 radical (unpaired) electrons. The Bertz CT molecular complexity index is 771. The van der Waals surface area contributed by atoms with Gasteiger partial charge in [0.25, 0.3) is 0 Å². The highest BCUT2D eigenvalue weighted by atomic mass is 14.9. The number of aryl methyl sites for hydroxylation is 1. The van der Waals surface area contributed by atoms with Gasteiger partial charge in [0.1, 0.15) is 5.82 Å². The molecule has 0 aliphatic heterocycles. The number of nitrogens with zero attached hydrogens (tertiary/aromatic N) is 2. The minimum absolute atomic E-state index is 0.802. The van der Waals surface area contributed by atoms with Crippen LogP contribution in [0.4, 0.5) is 0 Å². The maximum absolute atomic E-state index is 4.79. The molecule has 0 unspecified atom stereocenters. The van der Waals surface area contributed by atoms with Gasteiger partial charge < -0.3 is 0 Å². The molecule has 25 heavy (non-hydrogen) atoms. The van der Waals surface area contributed by atoms with E-state index in [1.807, 2.05) is 12.3 Å². The monoisotopic (exact) mass is 332 g/mol. The van der Waals surface area contributed by atoms with Crippen LogP contribution in [-0.2, 0) is 12.8 Å². The second-order valence-electron chi connectivity index (χ2n) is 7.05. The van der Waals surface area contributed by atoms with E-state index in [2.05, 4.69) is 55.2 Å². The van der Waals surface area contributed by atoms with Crippen LogP contribution in [0.1, 0.15) is 68.6 Å². The lowest BCUT2D eigenvalue weighted by atomic mass is 10.0. The first-order valence-electron chi connectivity index (χ1n) is 9.51. The molecule has 2 nitrogen and oxygen atoms in total. The molecule has 0 atom stereocenters. The fourth-order valence-corrected chi connectivity index (χ4v) is 3.33. The standard InChI is InChI=1S/C23H28N2/c1-3-4-5-6-8-19-9-7-10-20(16-19)17-23-24-14-13-22(25-23)21-12-11-18(2)15-21/h7,9-14,16H,3-6,8,15,17H2,1-2H3. The lowest BCUT2D eigenvalue weighted by Crippen LogP contribution is -2.00. The highest BCUT2D eigenvalue weighted by Crippen LogP contribution is 2.26. The van der Waals surface area contributed by atoms with Gasteiger partial charge >= 0.3 is 0 Å². The summed E-state index contributed by atoms with van der Waals surface area (Å²) in [7, 11) is 0. The third-order valence-electron chi connectivity index (χ3n) is 4.75. The third kappa shape index (κ3) is 5.12. The van der Waals surface area contributed by atoms with Crippen molar-refractivity contribution in [2.75, 3.05) is 0 Å². The molecular weight excluding hydrogens is 304 g/mol. The maximum Gasteiger partial charge on any atom is 0.133 e. The largest absolute Gasteiger partial charge is 0.241 e. The van der Waals surface area contributed by atoms with Crippen molar-refractivity contribution in [1.29, 1.82) is 0 Å². The van der Waals surface area contributed by atoms with Gasteiger partial charge in [-0.05, 0) is 49.0 Å². The summed E-state index contributed by atoms with van der Waals surface area (Å²) in [4.78, 5) is 9.27. The fraction of sp³-hybridized carbons (Fsp3) is 0.391. The summed E-state index contributed by atoms with van der Waals surface area (Å²) in [5, 5.41) is 0. The summed E-state index contributed by atoms with van der Waals surface area (Å²) in [6.45, 7) is 4.42. The lowest BCUT2D eigenvalue weighted by Gasteiger charge is -2.07. The Kier molecular flexibility index (Phi) is 6.16.